The molecular formula is C19H17N5O6. The highest BCUT2D eigenvalue weighted by atomic mass is 16.6. The lowest BCUT2D eigenvalue weighted by atomic mass is 10.1. The molecule has 30 heavy (non-hydrogen) atoms. The number of benzene rings is 2. The van der Waals surface area contributed by atoms with Crippen LogP contribution in [0.5, 0.6) is 0 Å². The number of aromatic amines is 1. The molecule has 2 aromatic carbocycles. The number of nitrogens with zero attached hydrogens (tertiary/aromatic N) is 3. The lowest BCUT2D eigenvalue weighted by Gasteiger charge is -2.30. The van der Waals surface area contributed by atoms with Crippen molar-refractivity contribution in [2.45, 2.75) is 0 Å². The normalized spacial score (nSPS) is 13.8. The molecule has 1 aliphatic heterocycles. The zero-order chi connectivity index (χ0) is 21.1. The van der Waals surface area contributed by atoms with Gasteiger partial charge < -0.3 is 15.0 Å². The number of ether oxygens (including phenoxy) is 1. The molecule has 4 rings (SSSR count). The molecule has 2 heterocycles. The second-order valence-electron chi connectivity index (χ2n) is 6.54. The van der Waals surface area contributed by atoms with Crippen LogP contribution in [0.1, 0.15) is 10.4 Å². The van der Waals surface area contributed by atoms with Gasteiger partial charge in [0.2, 0.25) is 0 Å². The largest absolute Gasteiger partial charge is 0.439 e. The summed E-state index contributed by atoms with van der Waals surface area (Å²) >= 11 is 0. The van der Waals surface area contributed by atoms with E-state index in [1.807, 2.05) is 4.90 Å². The minimum atomic E-state index is -0.689. The molecule has 1 fully saturated rings. The fourth-order valence-electron chi connectivity index (χ4n) is 3.20. The first kappa shape index (κ1) is 19.3. The number of nitro groups is 1. The zero-order valence-corrected chi connectivity index (χ0v) is 15.7. The first-order chi connectivity index (χ1) is 14.5. The van der Waals surface area contributed by atoms with Gasteiger partial charge in [-0.15, -0.1) is 0 Å². The van der Waals surface area contributed by atoms with Gasteiger partial charge in [0.15, 0.2) is 5.82 Å². The zero-order valence-electron chi connectivity index (χ0n) is 15.7. The van der Waals surface area contributed by atoms with Gasteiger partial charge in [-0.25, -0.2) is 4.79 Å². The average Bonchev–Trinajstić information content (AvgIpc) is 3.20. The van der Waals surface area contributed by atoms with Crippen molar-refractivity contribution in [3.8, 4) is 11.4 Å². The highest BCUT2D eigenvalue weighted by Crippen LogP contribution is 2.28. The fourth-order valence-corrected chi connectivity index (χ4v) is 3.20. The number of anilines is 2. The van der Waals surface area contributed by atoms with Crippen molar-refractivity contribution in [1.29, 1.82) is 0 Å². The first-order valence-corrected chi connectivity index (χ1v) is 9.10. The highest BCUT2D eigenvalue weighted by molar-refractivity contribution is 6.08. The van der Waals surface area contributed by atoms with Crippen molar-refractivity contribution in [3.05, 3.63) is 68.7 Å². The molecule has 0 bridgehead atoms. The summed E-state index contributed by atoms with van der Waals surface area (Å²) in [5.74, 6) is -0.961. The number of hydrogen-bond donors (Lipinski definition) is 2. The van der Waals surface area contributed by atoms with Crippen molar-refractivity contribution in [1.82, 2.24) is 10.1 Å². The van der Waals surface area contributed by atoms with E-state index in [4.69, 9.17) is 4.74 Å². The summed E-state index contributed by atoms with van der Waals surface area (Å²) < 4.78 is 9.85. The van der Waals surface area contributed by atoms with Crippen molar-refractivity contribution >= 4 is 23.0 Å². The molecule has 1 aromatic heterocycles. The maximum Gasteiger partial charge on any atom is 0.439 e. The molecule has 0 saturated carbocycles. The predicted octanol–water partition coefficient (Wildman–Crippen LogP) is 2.03. The summed E-state index contributed by atoms with van der Waals surface area (Å²) in [6.07, 6.45) is 0. The van der Waals surface area contributed by atoms with Crippen LogP contribution in [0.3, 0.4) is 0 Å². The Kier molecular flexibility index (Phi) is 5.26. The van der Waals surface area contributed by atoms with Crippen LogP contribution in [0.25, 0.3) is 11.4 Å². The van der Waals surface area contributed by atoms with Gasteiger partial charge in [0, 0.05) is 36.5 Å². The lowest BCUT2D eigenvalue weighted by Crippen LogP contribution is -2.37. The van der Waals surface area contributed by atoms with E-state index in [0.717, 1.165) is 0 Å². The van der Waals surface area contributed by atoms with Crippen LogP contribution in [0.15, 0.2) is 51.8 Å². The maximum absolute atomic E-state index is 13.0. The van der Waals surface area contributed by atoms with Crippen LogP contribution in [-0.2, 0) is 4.74 Å². The lowest BCUT2D eigenvalue weighted by molar-refractivity contribution is -0.384. The van der Waals surface area contributed by atoms with Crippen LogP contribution in [0, 0.1) is 10.1 Å². The van der Waals surface area contributed by atoms with E-state index in [-0.39, 0.29) is 17.1 Å². The number of nitro benzene ring substituents is 1. The minimum absolute atomic E-state index is 0.175. The van der Waals surface area contributed by atoms with E-state index in [9.17, 15) is 19.7 Å². The number of carbonyl (C=O) groups is 1. The Morgan fingerprint density at radius 2 is 2.00 bits per heavy atom. The number of aromatic nitrogens is 2. The Morgan fingerprint density at radius 1 is 1.20 bits per heavy atom. The van der Waals surface area contributed by atoms with Gasteiger partial charge in [0.25, 0.3) is 11.6 Å². The molecule has 1 aliphatic rings. The van der Waals surface area contributed by atoms with E-state index in [2.05, 4.69) is 20.0 Å². The van der Waals surface area contributed by atoms with Gasteiger partial charge in [-0.2, -0.15) is 0 Å². The van der Waals surface area contributed by atoms with Gasteiger partial charge in [-0.3, -0.25) is 24.4 Å². The molecule has 0 aliphatic carbocycles. The predicted molar refractivity (Wildman–Crippen MR) is 107 cm³/mol. The number of hydrogen-bond acceptors (Lipinski definition) is 8. The molecule has 0 unspecified atom stereocenters. The van der Waals surface area contributed by atoms with Crippen molar-refractivity contribution in [2.24, 2.45) is 0 Å². The second kappa shape index (κ2) is 8.17. The van der Waals surface area contributed by atoms with Crippen LogP contribution in [0.2, 0.25) is 0 Å². The molecule has 0 radical (unpaired) electrons. The van der Waals surface area contributed by atoms with Crippen molar-refractivity contribution in [3.63, 3.8) is 0 Å². The highest BCUT2D eigenvalue weighted by Gasteiger charge is 2.22. The average molecular weight is 411 g/mol. The number of amides is 1. The van der Waals surface area contributed by atoms with Crippen LogP contribution in [-0.4, -0.2) is 47.3 Å². The van der Waals surface area contributed by atoms with E-state index in [1.54, 1.807) is 30.3 Å². The van der Waals surface area contributed by atoms with Gasteiger partial charge in [0.1, 0.15) is 0 Å². The summed E-state index contributed by atoms with van der Waals surface area (Å²) in [5, 5.41) is 17.6. The molecule has 3 aromatic rings. The van der Waals surface area contributed by atoms with Crippen molar-refractivity contribution in [2.75, 3.05) is 36.5 Å². The maximum atomic E-state index is 13.0. The molecule has 11 heteroatoms. The molecule has 2 N–H and O–H groups in total. The van der Waals surface area contributed by atoms with E-state index in [0.29, 0.717) is 43.2 Å². The topological polar surface area (TPSA) is 144 Å². The summed E-state index contributed by atoms with van der Waals surface area (Å²) in [5.41, 5.74) is 1.57. The molecule has 0 spiro atoms. The van der Waals surface area contributed by atoms with Crippen LogP contribution >= 0.6 is 0 Å². The third-order valence-corrected chi connectivity index (χ3v) is 4.62. The summed E-state index contributed by atoms with van der Waals surface area (Å²) in [6.45, 7) is 2.17. The molecule has 0 atom stereocenters. The van der Waals surface area contributed by atoms with Gasteiger partial charge in [-0.05, 0) is 18.2 Å². The molecule has 1 amide bonds. The van der Waals surface area contributed by atoms with Gasteiger partial charge in [-0.1, -0.05) is 17.3 Å². The molecule has 11 nitrogen and oxygen atoms in total. The molecular weight excluding hydrogens is 394 g/mol. The van der Waals surface area contributed by atoms with E-state index >= 15 is 0 Å². The van der Waals surface area contributed by atoms with Crippen molar-refractivity contribution < 1.29 is 19.0 Å². The monoisotopic (exact) mass is 411 g/mol. The van der Waals surface area contributed by atoms with E-state index < -0.39 is 16.6 Å². The summed E-state index contributed by atoms with van der Waals surface area (Å²) in [6, 6.07) is 10.9. The third kappa shape index (κ3) is 4.05. The fraction of sp³-hybridized carbons (Fsp3) is 0.211. The first-order valence-electron chi connectivity index (χ1n) is 9.10. The number of nitrogens with one attached hydrogen (secondary N) is 2. The Labute approximate surface area is 169 Å². The summed E-state index contributed by atoms with van der Waals surface area (Å²) in [4.78, 5) is 39.3. The summed E-state index contributed by atoms with van der Waals surface area (Å²) in [7, 11) is 0. The van der Waals surface area contributed by atoms with Crippen LogP contribution < -0.4 is 16.0 Å². The Balaban J connectivity index is 1.64. The van der Waals surface area contributed by atoms with Gasteiger partial charge >= 0.3 is 5.76 Å². The number of non-ortho nitro benzene ring substituents is 1. The minimum Gasteiger partial charge on any atom is -0.378 e. The second-order valence-corrected chi connectivity index (χ2v) is 6.54. The molecule has 1 saturated heterocycles. The quantitative estimate of drug-likeness (QED) is 0.479. The Bertz CT molecular complexity index is 1150. The molecule has 154 valence electrons. The Hall–Kier alpha value is -3.99. The number of morpholine rings is 1. The van der Waals surface area contributed by atoms with Crippen LogP contribution in [0.4, 0.5) is 17.1 Å². The number of rotatable bonds is 5. The standard InChI is InChI=1S/C19H17N5O6/c25-18(20-13-3-1-2-12(10-13)17-21-19(26)30-22-17)15-11-14(24(27)28)4-5-16(15)23-6-8-29-9-7-23/h1-5,10-11H,6-9H2,(H,20,25)(H,21,22,26). The van der Waals surface area contributed by atoms with Gasteiger partial charge in [0.05, 0.1) is 29.4 Å². The smallest absolute Gasteiger partial charge is 0.378 e. The SMILES string of the molecule is O=C(Nc1cccc(-c2noc(=O)[nH]2)c1)c1cc([N+](=O)[O-])ccc1N1CCOCC1. The Morgan fingerprint density at radius 3 is 2.70 bits per heavy atom. The third-order valence-electron chi connectivity index (χ3n) is 4.62. The van der Waals surface area contributed by atoms with E-state index in [1.165, 1.54) is 12.1 Å². The number of carbonyl (C=O) groups excluding carboxylic acids is 1. The number of H-pyrrole nitrogens is 1.